The normalized spacial score (nSPS) is 12.0. The van der Waals surface area contributed by atoms with E-state index < -0.39 is 40.5 Å². The predicted octanol–water partition coefficient (Wildman–Crippen LogP) is 4.22. The molecule has 0 radical (unpaired) electrons. The van der Waals surface area contributed by atoms with Crippen molar-refractivity contribution in [2.45, 2.75) is 13.1 Å². The van der Waals surface area contributed by atoms with Gasteiger partial charge in [0.05, 0.1) is 27.7 Å². The second-order valence-electron chi connectivity index (χ2n) is 7.69. The number of aromatic nitrogens is 2. The van der Waals surface area contributed by atoms with Crippen molar-refractivity contribution in [3.63, 3.8) is 0 Å². The third kappa shape index (κ3) is 6.00. The Morgan fingerprint density at radius 1 is 1.11 bits per heavy atom. The maximum absolute atomic E-state index is 13.0. The van der Waals surface area contributed by atoms with Gasteiger partial charge >= 0.3 is 11.9 Å². The molecule has 0 unspecified atom stereocenters. The Hall–Kier alpha value is -3.51. The molecule has 1 amide bonds. The molecule has 2 aromatic carbocycles. The highest BCUT2D eigenvalue weighted by molar-refractivity contribution is 8.15. The fourth-order valence-corrected chi connectivity index (χ4v) is 4.03. The summed E-state index contributed by atoms with van der Waals surface area (Å²) in [7, 11) is 2.49. The molecule has 1 heterocycles. The van der Waals surface area contributed by atoms with Gasteiger partial charge in [0.2, 0.25) is 11.8 Å². The number of benzene rings is 2. The van der Waals surface area contributed by atoms with Crippen LogP contribution in [0, 0.1) is 6.92 Å². The Kier molecular flexibility index (Phi) is 7.99. The molecule has 3 aromatic rings. The highest BCUT2D eigenvalue weighted by Crippen LogP contribution is 2.34. The lowest BCUT2D eigenvalue weighted by Gasteiger charge is -2.13. The molecule has 0 spiro atoms. The van der Waals surface area contributed by atoms with E-state index in [0.717, 1.165) is 38.6 Å². The van der Waals surface area contributed by atoms with Gasteiger partial charge in [0.25, 0.3) is 5.56 Å². The number of aliphatic imine (C=N–C) groups is 1. The van der Waals surface area contributed by atoms with Gasteiger partial charge in [-0.05, 0) is 37.3 Å². The van der Waals surface area contributed by atoms with Gasteiger partial charge in [-0.3, -0.25) is 18.7 Å². The number of anilines is 1. The van der Waals surface area contributed by atoms with Crippen LogP contribution in [0.25, 0.3) is 0 Å². The number of hydrogen-bond acceptors (Lipinski definition) is 6. The number of alkyl halides is 3. The summed E-state index contributed by atoms with van der Waals surface area (Å²) < 4.78 is 40.7. The summed E-state index contributed by atoms with van der Waals surface area (Å²) in [5.41, 5.74) is -1.80. The number of aromatic hydroxyl groups is 1. The average molecular weight is 541 g/mol. The molecule has 190 valence electrons. The number of carbonyl (C=O) groups is 1. The van der Waals surface area contributed by atoms with Crippen LogP contribution in [0.5, 0.6) is 5.88 Å². The molecule has 13 heteroatoms. The van der Waals surface area contributed by atoms with Crippen LogP contribution in [-0.4, -0.2) is 30.9 Å². The SMILES string of the molecule is Cc1ccc(N=C(SCC(=O)Nc2cc(C(F)(F)F)ccc2Cl)c2c(O)n(C)c(=O)n(C)c2=O)cc1. The zero-order valence-electron chi connectivity index (χ0n) is 19.2. The third-order valence-corrected chi connectivity index (χ3v) is 6.32. The molecule has 0 aliphatic carbocycles. The van der Waals surface area contributed by atoms with E-state index >= 15 is 0 Å². The van der Waals surface area contributed by atoms with E-state index in [1.807, 2.05) is 6.92 Å². The first-order chi connectivity index (χ1) is 16.8. The van der Waals surface area contributed by atoms with E-state index in [1.165, 1.54) is 14.1 Å². The molecule has 1 aromatic heterocycles. The number of nitrogens with zero attached hydrogens (tertiary/aromatic N) is 3. The van der Waals surface area contributed by atoms with E-state index in [1.54, 1.807) is 24.3 Å². The summed E-state index contributed by atoms with van der Waals surface area (Å²) in [5, 5.41) is 12.7. The molecule has 0 bridgehead atoms. The Bertz CT molecular complexity index is 1460. The smallest absolute Gasteiger partial charge is 0.416 e. The number of thioether (sulfide) groups is 1. The molecule has 2 N–H and O–H groups in total. The lowest BCUT2D eigenvalue weighted by atomic mass is 10.2. The third-order valence-electron chi connectivity index (χ3n) is 5.02. The molecular formula is C23H20ClF3N4O4S. The second kappa shape index (κ2) is 10.6. The summed E-state index contributed by atoms with van der Waals surface area (Å²) in [6, 6.07) is 9.36. The molecule has 0 aliphatic heterocycles. The van der Waals surface area contributed by atoms with Crippen LogP contribution in [0.3, 0.4) is 0 Å². The van der Waals surface area contributed by atoms with Crippen LogP contribution in [-0.2, 0) is 25.1 Å². The number of nitrogens with one attached hydrogen (secondary N) is 1. The van der Waals surface area contributed by atoms with Crippen molar-refractivity contribution in [2.75, 3.05) is 11.1 Å². The van der Waals surface area contributed by atoms with Gasteiger partial charge in [0, 0.05) is 14.1 Å². The second-order valence-corrected chi connectivity index (χ2v) is 9.06. The van der Waals surface area contributed by atoms with E-state index in [9.17, 15) is 32.7 Å². The maximum Gasteiger partial charge on any atom is 0.416 e. The Labute approximate surface area is 212 Å². The Balaban J connectivity index is 1.96. The van der Waals surface area contributed by atoms with E-state index in [0.29, 0.717) is 11.8 Å². The van der Waals surface area contributed by atoms with Crippen molar-refractivity contribution >= 4 is 45.7 Å². The van der Waals surface area contributed by atoms with Crippen molar-refractivity contribution in [1.82, 2.24) is 9.13 Å². The molecule has 0 fully saturated rings. The molecular weight excluding hydrogens is 521 g/mol. The van der Waals surface area contributed by atoms with E-state index in [-0.39, 0.29) is 21.3 Å². The fraction of sp³-hybridized carbons (Fsp3) is 0.217. The van der Waals surface area contributed by atoms with Crippen LogP contribution < -0.4 is 16.6 Å². The minimum atomic E-state index is -4.63. The molecule has 0 saturated heterocycles. The minimum Gasteiger partial charge on any atom is -0.494 e. The topological polar surface area (TPSA) is 106 Å². The van der Waals surface area contributed by atoms with E-state index in [4.69, 9.17) is 11.6 Å². The number of amides is 1. The minimum absolute atomic E-state index is 0.0714. The molecule has 0 atom stereocenters. The predicted molar refractivity (Wildman–Crippen MR) is 134 cm³/mol. The highest BCUT2D eigenvalue weighted by atomic mass is 35.5. The van der Waals surface area contributed by atoms with E-state index in [2.05, 4.69) is 10.3 Å². The van der Waals surface area contributed by atoms with Crippen molar-refractivity contribution < 1.29 is 23.1 Å². The largest absolute Gasteiger partial charge is 0.494 e. The molecule has 8 nitrogen and oxygen atoms in total. The number of aryl methyl sites for hydroxylation is 1. The standard InChI is InChI=1S/C23H20ClF3N4O4S/c1-12-4-7-14(8-5-12)28-19(18-20(33)30(2)22(35)31(3)21(18)34)36-11-17(32)29-16-10-13(23(25,26)27)6-9-15(16)24/h4-10,33H,11H2,1-3H3,(H,29,32). The van der Waals surface area contributed by atoms with Crippen LogP contribution >= 0.6 is 23.4 Å². The fourth-order valence-electron chi connectivity index (χ4n) is 3.04. The summed E-state index contributed by atoms with van der Waals surface area (Å²) in [4.78, 5) is 41.9. The van der Waals surface area contributed by atoms with Gasteiger partial charge in [-0.25, -0.2) is 9.79 Å². The van der Waals surface area contributed by atoms with Gasteiger partial charge in [0.1, 0.15) is 10.6 Å². The van der Waals surface area contributed by atoms with Gasteiger partial charge in [-0.1, -0.05) is 41.1 Å². The Morgan fingerprint density at radius 3 is 2.36 bits per heavy atom. The summed E-state index contributed by atoms with van der Waals surface area (Å²) >= 11 is 6.69. The number of carbonyl (C=O) groups excluding carboxylic acids is 1. The first kappa shape index (κ1) is 27.1. The average Bonchev–Trinajstić information content (AvgIpc) is 2.82. The van der Waals surface area contributed by atoms with Crippen molar-refractivity contribution in [2.24, 2.45) is 19.1 Å². The number of halogens is 4. The van der Waals surface area contributed by atoms with Crippen LogP contribution in [0.2, 0.25) is 5.02 Å². The van der Waals surface area contributed by atoms with Crippen molar-refractivity contribution in [3.8, 4) is 5.88 Å². The maximum atomic E-state index is 13.0. The van der Waals surface area contributed by atoms with Gasteiger partial charge < -0.3 is 10.4 Å². The molecule has 0 saturated carbocycles. The lowest BCUT2D eigenvalue weighted by molar-refractivity contribution is -0.137. The molecule has 36 heavy (non-hydrogen) atoms. The molecule has 0 aliphatic rings. The summed E-state index contributed by atoms with van der Waals surface area (Å²) in [6.45, 7) is 1.86. The number of rotatable bonds is 5. The van der Waals surface area contributed by atoms with Crippen molar-refractivity contribution in [1.29, 1.82) is 0 Å². The van der Waals surface area contributed by atoms with Gasteiger partial charge in [-0.2, -0.15) is 13.2 Å². The summed E-state index contributed by atoms with van der Waals surface area (Å²) in [6.07, 6.45) is -4.63. The summed E-state index contributed by atoms with van der Waals surface area (Å²) in [5.74, 6) is -1.79. The first-order valence-electron chi connectivity index (χ1n) is 10.2. The van der Waals surface area contributed by atoms with Crippen LogP contribution in [0.1, 0.15) is 16.7 Å². The zero-order chi connectivity index (χ0) is 26.8. The van der Waals surface area contributed by atoms with Crippen LogP contribution in [0.4, 0.5) is 24.5 Å². The first-order valence-corrected chi connectivity index (χ1v) is 11.6. The lowest BCUT2D eigenvalue weighted by Crippen LogP contribution is -2.39. The quantitative estimate of drug-likeness (QED) is 0.372. The molecule has 3 rings (SSSR count). The monoisotopic (exact) mass is 540 g/mol. The number of hydrogen-bond donors (Lipinski definition) is 2. The van der Waals surface area contributed by atoms with Crippen molar-refractivity contribution in [3.05, 3.63) is 85.0 Å². The zero-order valence-corrected chi connectivity index (χ0v) is 20.8. The highest BCUT2D eigenvalue weighted by Gasteiger charge is 2.31. The van der Waals surface area contributed by atoms with Gasteiger partial charge in [0.15, 0.2) is 0 Å². The van der Waals surface area contributed by atoms with Crippen LogP contribution in [0.15, 0.2) is 57.0 Å². The Morgan fingerprint density at radius 2 is 1.75 bits per heavy atom. The van der Waals surface area contributed by atoms with Gasteiger partial charge in [-0.15, -0.1) is 0 Å².